The van der Waals surface area contributed by atoms with Crippen LogP contribution in [0.3, 0.4) is 0 Å². The second-order valence-electron chi connectivity index (χ2n) is 4.92. The molecule has 0 aliphatic carbocycles. The number of anilines is 1. The summed E-state index contributed by atoms with van der Waals surface area (Å²) >= 11 is 0. The standard InChI is InChI=1S/C16H16F2N2O2/c1-10-2-4-11(5-3-10)15(21)9-19-16(22)20-14-7-12(17)6-13(18)8-14/h2-8,15,21H,9H2,1H3,(H2,19,20,22). The molecule has 0 bridgehead atoms. The summed E-state index contributed by atoms with van der Waals surface area (Å²) in [6, 6.07) is 9.30. The molecule has 22 heavy (non-hydrogen) atoms. The summed E-state index contributed by atoms with van der Waals surface area (Å²) in [7, 11) is 0. The lowest BCUT2D eigenvalue weighted by molar-refractivity contribution is 0.175. The molecule has 0 aromatic heterocycles. The minimum Gasteiger partial charge on any atom is -0.387 e. The Labute approximate surface area is 126 Å². The molecule has 0 fully saturated rings. The van der Waals surface area contributed by atoms with Gasteiger partial charge in [-0.3, -0.25) is 0 Å². The van der Waals surface area contributed by atoms with Crippen molar-refractivity contribution in [2.45, 2.75) is 13.0 Å². The maximum Gasteiger partial charge on any atom is 0.319 e. The molecule has 2 aromatic carbocycles. The minimum atomic E-state index is -0.865. The van der Waals surface area contributed by atoms with Crippen LogP contribution in [0.25, 0.3) is 0 Å². The number of hydrogen-bond donors (Lipinski definition) is 3. The van der Waals surface area contributed by atoms with Crippen LogP contribution < -0.4 is 10.6 Å². The number of hydrogen-bond acceptors (Lipinski definition) is 2. The van der Waals surface area contributed by atoms with E-state index in [1.165, 1.54) is 0 Å². The highest BCUT2D eigenvalue weighted by Gasteiger charge is 2.10. The Bertz CT molecular complexity index is 639. The quantitative estimate of drug-likeness (QED) is 0.812. The first-order chi connectivity index (χ1) is 10.4. The van der Waals surface area contributed by atoms with E-state index in [-0.39, 0.29) is 12.2 Å². The Morgan fingerprint density at radius 2 is 1.73 bits per heavy atom. The zero-order valence-electron chi connectivity index (χ0n) is 11.9. The number of aliphatic hydroxyl groups excluding tert-OH is 1. The van der Waals surface area contributed by atoms with Crippen LogP contribution in [-0.2, 0) is 0 Å². The van der Waals surface area contributed by atoms with E-state index in [2.05, 4.69) is 10.6 Å². The number of nitrogens with one attached hydrogen (secondary N) is 2. The number of aliphatic hydroxyl groups is 1. The average Bonchev–Trinajstić information content (AvgIpc) is 2.44. The lowest BCUT2D eigenvalue weighted by atomic mass is 10.1. The van der Waals surface area contributed by atoms with Gasteiger partial charge in [-0.15, -0.1) is 0 Å². The maximum atomic E-state index is 13.0. The number of amides is 2. The van der Waals surface area contributed by atoms with Crippen LogP contribution >= 0.6 is 0 Å². The molecule has 0 spiro atoms. The van der Waals surface area contributed by atoms with E-state index in [0.717, 1.165) is 17.7 Å². The van der Waals surface area contributed by atoms with E-state index in [1.807, 2.05) is 19.1 Å². The summed E-state index contributed by atoms with van der Waals surface area (Å²) in [5.74, 6) is -1.56. The second-order valence-corrected chi connectivity index (χ2v) is 4.92. The maximum absolute atomic E-state index is 13.0. The molecule has 0 saturated carbocycles. The van der Waals surface area contributed by atoms with Gasteiger partial charge in [-0.05, 0) is 24.6 Å². The van der Waals surface area contributed by atoms with E-state index < -0.39 is 23.8 Å². The SMILES string of the molecule is Cc1ccc(C(O)CNC(=O)Nc2cc(F)cc(F)c2)cc1. The molecule has 116 valence electrons. The highest BCUT2D eigenvalue weighted by atomic mass is 19.1. The number of urea groups is 1. The van der Waals surface area contributed by atoms with E-state index >= 15 is 0 Å². The average molecular weight is 306 g/mol. The van der Waals surface area contributed by atoms with Crippen molar-refractivity contribution in [3.8, 4) is 0 Å². The van der Waals surface area contributed by atoms with Gasteiger partial charge in [0.05, 0.1) is 6.10 Å². The van der Waals surface area contributed by atoms with E-state index in [0.29, 0.717) is 11.6 Å². The van der Waals surface area contributed by atoms with Crippen molar-refractivity contribution in [1.29, 1.82) is 0 Å². The predicted molar refractivity (Wildman–Crippen MR) is 79.5 cm³/mol. The third kappa shape index (κ3) is 4.53. The summed E-state index contributed by atoms with van der Waals surface area (Å²) in [5.41, 5.74) is 1.73. The number of rotatable bonds is 4. The molecular formula is C16H16F2N2O2. The topological polar surface area (TPSA) is 61.4 Å². The number of carbonyl (C=O) groups excluding carboxylic acids is 1. The summed E-state index contributed by atoms with van der Waals surface area (Å²) < 4.78 is 26.0. The molecule has 0 saturated heterocycles. The largest absolute Gasteiger partial charge is 0.387 e. The second kappa shape index (κ2) is 7.00. The fraction of sp³-hybridized carbons (Fsp3) is 0.188. The first-order valence-corrected chi connectivity index (χ1v) is 6.69. The van der Waals surface area contributed by atoms with Crippen molar-refractivity contribution in [2.24, 2.45) is 0 Å². The van der Waals surface area contributed by atoms with Crippen molar-refractivity contribution < 1.29 is 18.7 Å². The first-order valence-electron chi connectivity index (χ1n) is 6.69. The zero-order chi connectivity index (χ0) is 16.1. The Hall–Kier alpha value is -2.47. The number of benzene rings is 2. The molecule has 1 atom stereocenters. The summed E-state index contributed by atoms with van der Waals surface area (Å²) in [6.45, 7) is 1.91. The molecule has 4 nitrogen and oxygen atoms in total. The Morgan fingerprint density at radius 1 is 1.14 bits per heavy atom. The number of aryl methyl sites for hydroxylation is 1. The molecule has 2 rings (SSSR count). The molecule has 0 aliphatic heterocycles. The highest BCUT2D eigenvalue weighted by molar-refractivity contribution is 5.89. The van der Waals surface area contributed by atoms with E-state index in [4.69, 9.17) is 0 Å². The molecule has 2 aromatic rings. The Balaban J connectivity index is 1.88. The van der Waals surface area contributed by atoms with Crippen LogP contribution in [0.4, 0.5) is 19.3 Å². The third-order valence-electron chi connectivity index (χ3n) is 3.04. The summed E-state index contributed by atoms with van der Waals surface area (Å²) in [6.07, 6.45) is -0.865. The van der Waals surface area contributed by atoms with Gasteiger partial charge < -0.3 is 15.7 Å². The molecular weight excluding hydrogens is 290 g/mol. The fourth-order valence-corrected chi connectivity index (χ4v) is 1.90. The van der Waals surface area contributed by atoms with Crippen LogP contribution in [0.5, 0.6) is 0 Å². The van der Waals surface area contributed by atoms with Gasteiger partial charge in [0, 0.05) is 18.3 Å². The van der Waals surface area contributed by atoms with Crippen molar-refractivity contribution in [1.82, 2.24) is 5.32 Å². The first kappa shape index (κ1) is 15.9. The molecule has 6 heteroatoms. The van der Waals surface area contributed by atoms with Crippen molar-refractivity contribution in [2.75, 3.05) is 11.9 Å². The highest BCUT2D eigenvalue weighted by Crippen LogP contribution is 2.14. The van der Waals surface area contributed by atoms with Crippen LogP contribution in [0, 0.1) is 18.6 Å². The molecule has 1 unspecified atom stereocenters. The normalized spacial score (nSPS) is 11.8. The summed E-state index contributed by atoms with van der Waals surface area (Å²) in [5, 5.41) is 14.7. The van der Waals surface area contributed by atoms with Gasteiger partial charge in [0.1, 0.15) is 11.6 Å². The van der Waals surface area contributed by atoms with Crippen molar-refractivity contribution >= 4 is 11.7 Å². The molecule has 0 heterocycles. The van der Waals surface area contributed by atoms with E-state index in [1.54, 1.807) is 12.1 Å². The minimum absolute atomic E-state index is 0.000161. The van der Waals surface area contributed by atoms with Gasteiger partial charge in [-0.25, -0.2) is 13.6 Å². The number of carbonyl (C=O) groups is 1. The van der Waals surface area contributed by atoms with Crippen LogP contribution in [0.2, 0.25) is 0 Å². The smallest absolute Gasteiger partial charge is 0.319 e. The van der Waals surface area contributed by atoms with Crippen LogP contribution in [0.15, 0.2) is 42.5 Å². The Kier molecular flexibility index (Phi) is 5.06. The fourth-order valence-electron chi connectivity index (χ4n) is 1.90. The molecule has 3 N–H and O–H groups in total. The lowest BCUT2D eigenvalue weighted by Gasteiger charge is -2.13. The van der Waals surface area contributed by atoms with Gasteiger partial charge in [0.2, 0.25) is 0 Å². The monoisotopic (exact) mass is 306 g/mol. The molecule has 0 aliphatic rings. The van der Waals surface area contributed by atoms with Gasteiger partial charge >= 0.3 is 6.03 Å². The van der Waals surface area contributed by atoms with Crippen molar-refractivity contribution in [3.05, 3.63) is 65.2 Å². The zero-order valence-corrected chi connectivity index (χ0v) is 11.9. The lowest BCUT2D eigenvalue weighted by Crippen LogP contribution is -2.32. The summed E-state index contributed by atoms with van der Waals surface area (Å²) in [4.78, 5) is 11.6. The third-order valence-corrected chi connectivity index (χ3v) is 3.04. The van der Waals surface area contributed by atoms with Gasteiger partial charge in [-0.1, -0.05) is 29.8 Å². The number of halogens is 2. The van der Waals surface area contributed by atoms with Gasteiger partial charge in [0.25, 0.3) is 0 Å². The molecule has 2 amide bonds. The van der Waals surface area contributed by atoms with Crippen LogP contribution in [-0.4, -0.2) is 17.7 Å². The van der Waals surface area contributed by atoms with Gasteiger partial charge in [0.15, 0.2) is 0 Å². The van der Waals surface area contributed by atoms with Crippen molar-refractivity contribution in [3.63, 3.8) is 0 Å². The predicted octanol–water partition coefficient (Wildman–Crippen LogP) is 3.13. The van der Waals surface area contributed by atoms with Gasteiger partial charge in [-0.2, -0.15) is 0 Å². The van der Waals surface area contributed by atoms with Crippen LogP contribution in [0.1, 0.15) is 17.2 Å². The Morgan fingerprint density at radius 3 is 2.32 bits per heavy atom. The molecule has 0 radical (unpaired) electrons. The van der Waals surface area contributed by atoms with E-state index in [9.17, 15) is 18.7 Å².